The Balaban J connectivity index is 1.80. The van der Waals surface area contributed by atoms with Crippen molar-refractivity contribution in [2.75, 3.05) is 45.7 Å². The van der Waals surface area contributed by atoms with E-state index in [-0.39, 0.29) is 27.5 Å². The van der Waals surface area contributed by atoms with Crippen molar-refractivity contribution < 1.29 is 17.9 Å². The zero-order valence-electron chi connectivity index (χ0n) is 17.5. The number of fused-ring (bicyclic) bond motifs is 1. The van der Waals surface area contributed by atoms with E-state index in [1.54, 1.807) is 7.05 Å². The van der Waals surface area contributed by atoms with Crippen LogP contribution in [0.5, 0.6) is 5.75 Å². The second-order valence-corrected chi connectivity index (χ2v) is 9.92. The number of carbonyl (C=O) groups excluding carboxylic acids is 1. The number of benzene rings is 2. The summed E-state index contributed by atoms with van der Waals surface area (Å²) in [7, 11) is 0.864. The van der Waals surface area contributed by atoms with E-state index in [1.165, 1.54) is 37.2 Å². The molecule has 1 amide bonds. The van der Waals surface area contributed by atoms with E-state index in [2.05, 4.69) is 11.8 Å². The second kappa shape index (κ2) is 8.83. The molecule has 1 aliphatic rings. The van der Waals surface area contributed by atoms with E-state index < -0.39 is 10.0 Å². The number of sulfonamides is 1. The summed E-state index contributed by atoms with van der Waals surface area (Å²) in [6.45, 7) is 3.88. The molecule has 7 nitrogen and oxygen atoms in total. The summed E-state index contributed by atoms with van der Waals surface area (Å²) in [5, 5.41) is 0.203. The molecule has 0 aromatic heterocycles. The van der Waals surface area contributed by atoms with E-state index in [0.29, 0.717) is 13.1 Å². The van der Waals surface area contributed by atoms with E-state index in [0.717, 1.165) is 22.3 Å². The van der Waals surface area contributed by atoms with Crippen molar-refractivity contribution in [1.29, 1.82) is 0 Å². The number of anilines is 1. The first-order valence-electron chi connectivity index (χ1n) is 9.63. The molecule has 2 aromatic carbocycles. The van der Waals surface area contributed by atoms with Gasteiger partial charge in [-0.15, -0.1) is 0 Å². The molecular formula is C21H26ClN3O4S. The van der Waals surface area contributed by atoms with Crippen LogP contribution in [0.25, 0.3) is 0 Å². The Morgan fingerprint density at radius 2 is 1.90 bits per heavy atom. The SMILES string of the molecule is CCN1CC(CN(C)C(=O)c2cc(S(=O)(=O)N(C)C)ccc2Cl)Oc2ccccc21. The summed E-state index contributed by atoms with van der Waals surface area (Å²) in [4.78, 5) is 16.8. The molecule has 9 heteroatoms. The molecule has 0 saturated heterocycles. The number of hydrogen-bond acceptors (Lipinski definition) is 5. The largest absolute Gasteiger partial charge is 0.485 e. The van der Waals surface area contributed by atoms with Crippen LogP contribution in [0.15, 0.2) is 47.4 Å². The number of halogens is 1. The topological polar surface area (TPSA) is 70.2 Å². The Morgan fingerprint density at radius 1 is 1.20 bits per heavy atom. The van der Waals surface area contributed by atoms with E-state index in [1.807, 2.05) is 24.3 Å². The van der Waals surface area contributed by atoms with Crippen molar-refractivity contribution in [2.24, 2.45) is 0 Å². The molecule has 0 spiro atoms. The highest BCUT2D eigenvalue weighted by atomic mass is 35.5. The fourth-order valence-electron chi connectivity index (χ4n) is 3.41. The molecule has 0 fully saturated rings. The van der Waals surface area contributed by atoms with Gasteiger partial charge >= 0.3 is 0 Å². The lowest BCUT2D eigenvalue weighted by molar-refractivity contribution is 0.0709. The molecule has 1 heterocycles. The van der Waals surface area contributed by atoms with Gasteiger partial charge in [0.25, 0.3) is 5.91 Å². The summed E-state index contributed by atoms with van der Waals surface area (Å²) < 4.78 is 32.0. The Labute approximate surface area is 182 Å². The maximum Gasteiger partial charge on any atom is 0.255 e. The third-order valence-corrected chi connectivity index (χ3v) is 7.22. The predicted octanol–water partition coefficient (Wildman–Crippen LogP) is 2.95. The summed E-state index contributed by atoms with van der Waals surface area (Å²) >= 11 is 6.22. The fourth-order valence-corrected chi connectivity index (χ4v) is 4.53. The standard InChI is InChI=1S/C21H26ClN3O4S/c1-5-25-14-15(29-20-9-7-6-8-19(20)25)13-24(4)21(26)17-12-16(10-11-18(17)22)30(27,28)23(2)3/h6-12,15H,5,13-14H2,1-4H3. The average Bonchev–Trinajstić information content (AvgIpc) is 2.72. The first kappa shape index (κ1) is 22.4. The lowest BCUT2D eigenvalue weighted by Gasteiger charge is -2.37. The fraction of sp³-hybridized carbons (Fsp3) is 0.381. The van der Waals surface area contributed by atoms with Crippen LogP contribution in [0.3, 0.4) is 0 Å². The third kappa shape index (κ3) is 4.40. The third-order valence-electron chi connectivity index (χ3n) is 5.08. The molecule has 30 heavy (non-hydrogen) atoms. The van der Waals surface area contributed by atoms with Gasteiger partial charge in [-0.2, -0.15) is 0 Å². The Hall–Kier alpha value is -2.29. The van der Waals surface area contributed by atoms with Gasteiger partial charge in [0.2, 0.25) is 10.0 Å². The number of rotatable bonds is 6. The van der Waals surface area contributed by atoms with Crippen molar-refractivity contribution in [2.45, 2.75) is 17.9 Å². The molecule has 1 aliphatic heterocycles. The van der Waals surface area contributed by atoms with E-state index in [9.17, 15) is 13.2 Å². The maximum absolute atomic E-state index is 13.0. The molecule has 3 rings (SSSR count). The Bertz CT molecular complexity index is 1040. The quantitative estimate of drug-likeness (QED) is 0.675. The van der Waals surface area contributed by atoms with Gasteiger partial charge in [-0.25, -0.2) is 12.7 Å². The molecule has 0 radical (unpaired) electrons. The van der Waals surface area contributed by atoms with Crippen molar-refractivity contribution in [1.82, 2.24) is 9.21 Å². The maximum atomic E-state index is 13.0. The average molecular weight is 452 g/mol. The molecule has 0 bridgehead atoms. The number of hydrogen-bond donors (Lipinski definition) is 0. The molecule has 0 N–H and O–H groups in total. The van der Waals surface area contributed by atoms with Gasteiger partial charge in [0.05, 0.1) is 34.3 Å². The zero-order chi connectivity index (χ0) is 22.1. The number of nitrogens with zero attached hydrogens (tertiary/aromatic N) is 3. The van der Waals surface area contributed by atoms with Crippen LogP contribution >= 0.6 is 11.6 Å². The van der Waals surface area contributed by atoms with Crippen LogP contribution in [-0.4, -0.2) is 70.4 Å². The molecule has 2 aromatic rings. The summed E-state index contributed by atoms with van der Waals surface area (Å²) in [5.41, 5.74) is 1.18. The van der Waals surface area contributed by atoms with Crippen molar-refractivity contribution in [3.05, 3.63) is 53.1 Å². The molecule has 1 unspecified atom stereocenters. The van der Waals surface area contributed by atoms with Crippen LogP contribution in [0.2, 0.25) is 5.02 Å². The molecule has 0 saturated carbocycles. The van der Waals surface area contributed by atoms with Crippen LogP contribution < -0.4 is 9.64 Å². The molecule has 0 aliphatic carbocycles. The zero-order valence-corrected chi connectivity index (χ0v) is 19.1. The predicted molar refractivity (Wildman–Crippen MR) is 118 cm³/mol. The number of amides is 1. The van der Waals surface area contributed by atoms with Crippen LogP contribution in [0.1, 0.15) is 17.3 Å². The lowest BCUT2D eigenvalue weighted by atomic mass is 10.1. The first-order chi connectivity index (χ1) is 14.1. The Kier molecular flexibility index (Phi) is 6.59. The summed E-state index contributed by atoms with van der Waals surface area (Å²) in [6.07, 6.45) is -0.221. The van der Waals surface area contributed by atoms with Crippen LogP contribution in [0, 0.1) is 0 Å². The number of para-hydroxylation sites is 2. The highest BCUT2D eigenvalue weighted by Crippen LogP contribution is 2.33. The van der Waals surface area contributed by atoms with Gasteiger partial charge < -0.3 is 14.5 Å². The number of carbonyl (C=O) groups is 1. The van der Waals surface area contributed by atoms with E-state index in [4.69, 9.17) is 16.3 Å². The van der Waals surface area contributed by atoms with Gasteiger partial charge in [0.15, 0.2) is 0 Å². The van der Waals surface area contributed by atoms with Gasteiger partial charge in [-0.05, 0) is 37.3 Å². The molecular weight excluding hydrogens is 426 g/mol. The van der Waals surface area contributed by atoms with Crippen LogP contribution in [-0.2, 0) is 10.0 Å². The Morgan fingerprint density at radius 3 is 2.57 bits per heavy atom. The van der Waals surface area contributed by atoms with Crippen molar-refractivity contribution in [3.63, 3.8) is 0 Å². The highest BCUT2D eigenvalue weighted by molar-refractivity contribution is 7.89. The molecule has 162 valence electrons. The van der Waals surface area contributed by atoms with Crippen molar-refractivity contribution in [3.8, 4) is 5.75 Å². The highest BCUT2D eigenvalue weighted by Gasteiger charge is 2.28. The van der Waals surface area contributed by atoms with Gasteiger partial charge in [0, 0.05) is 27.7 Å². The summed E-state index contributed by atoms with van der Waals surface area (Å²) in [6, 6.07) is 12.0. The normalized spacial score (nSPS) is 16.2. The monoisotopic (exact) mass is 451 g/mol. The van der Waals surface area contributed by atoms with Crippen molar-refractivity contribution >= 4 is 33.2 Å². The van der Waals surface area contributed by atoms with Gasteiger partial charge in [0.1, 0.15) is 11.9 Å². The van der Waals surface area contributed by atoms with Gasteiger partial charge in [-0.3, -0.25) is 4.79 Å². The smallest absolute Gasteiger partial charge is 0.255 e. The number of likely N-dealkylation sites (N-methyl/N-ethyl adjacent to an activating group) is 2. The summed E-state index contributed by atoms with van der Waals surface area (Å²) in [5.74, 6) is 0.426. The minimum absolute atomic E-state index is 0.0219. The van der Waals surface area contributed by atoms with E-state index >= 15 is 0 Å². The number of ether oxygens (including phenoxy) is 1. The lowest BCUT2D eigenvalue weighted by Crippen LogP contribution is -2.46. The molecule has 1 atom stereocenters. The van der Waals surface area contributed by atoms with Crippen LogP contribution in [0.4, 0.5) is 5.69 Å². The minimum atomic E-state index is -3.67. The second-order valence-electron chi connectivity index (χ2n) is 7.36. The van der Waals surface area contributed by atoms with Gasteiger partial charge in [-0.1, -0.05) is 23.7 Å². The minimum Gasteiger partial charge on any atom is -0.485 e. The first-order valence-corrected chi connectivity index (χ1v) is 11.4.